The third-order valence-corrected chi connectivity index (χ3v) is 3.30. The molecule has 0 bridgehead atoms. The molecule has 2 aromatic rings. The minimum atomic E-state index is -0.0775. The van der Waals surface area contributed by atoms with Gasteiger partial charge in [0.25, 0.3) is 0 Å². The fourth-order valence-corrected chi connectivity index (χ4v) is 1.88. The highest BCUT2D eigenvalue weighted by Gasteiger charge is 2.02. The maximum Gasteiger partial charge on any atom is 0.187 e. The smallest absolute Gasteiger partial charge is 0.187 e. The maximum atomic E-state index is 11.8. The van der Waals surface area contributed by atoms with E-state index in [1.807, 2.05) is 18.2 Å². The third-order valence-electron chi connectivity index (χ3n) is 2.48. The molecule has 0 saturated carbocycles. The number of nitrogens with one attached hydrogen (secondary N) is 1. The molecular weight excluding hydrogens is 281 g/mol. The molecule has 0 aliphatic carbocycles. The Hall–Kier alpha value is -1.77. The Morgan fingerprint density at radius 3 is 2.47 bits per heavy atom. The van der Waals surface area contributed by atoms with E-state index in [0.717, 1.165) is 0 Å². The number of allylic oxidation sites excluding steroid dienone is 1. The monoisotopic (exact) mass is 291 g/mol. The molecule has 0 unspecified atom stereocenters. The number of benzene rings is 2. The maximum absolute atomic E-state index is 11.8. The van der Waals surface area contributed by atoms with E-state index >= 15 is 0 Å². The van der Waals surface area contributed by atoms with Gasteiger partial charge in [0, 0.05) is 17.8 Å². The van der Waals surface area contributed by atoms with Crippen LogP contribution in [0.3, 0.4) is 0 Å². The third kappa shape index (κ3) is 3.60. The Kier molecular flexibility index (Phi) is 4.61. The van der Waals surface area contributed by atoms with Crippen LogP contribution in [0.15, 0.2) is 60.8 Å². The fourth-order valence-electron chi connectivity index (χ4n) is 1.52. The molecule has 96 valence electrons. The first kappa shape index (κ1) is 13.7. The second kappa shape index (κ2) is 6.41. The summed E-state index contributed by atoms with van der Waals surface area (Å²) in [6.45, 7) is 0. The average Bonchev–Trinajstić information content (AvgIpc) is 2.44. The molecule has 0 heterocycles. The molecule has 2 nitrogen and oxygen atoms in total. The molecule has 4 heteroatoms. The lowest BCUT2D eigenvalue weighted by Crippen LogP contribution is -1.96. The van der Waals surface area contributed by atoms with Crippen molar-refractivity contribution in [2.75, 3.05) is 5.32 Å². The van der Waals surface area contributed by atoms with Crippen molar-refractivity contribution in [3.05, 3.63) is 76.4 Å². The van der Waals surface area contributed by atoms with E-state index in [2.05, 4.69) is 5.32 Å². The molecule has 0 aliphatic heterocycles. The number of hydrogen-bond donors (Lipinski definition) is 1. The van der Waals surface area contributed by atoms with Crippen LogP contribution in [0.4, 0.5) is 5.69 Å². The van der Waals surface area contributed by atoms with Crippen molar-refractivity contribution < 1.29 is 4.79 Å². The summed E-state index contributed by atoms with van der Waals surface area (Å²) < 4.78 is 0. The van der Waals surface area contributed by atoms with Crippen molar-refractivity contribution in [3.8, 4) is 0 Å². The summed E-state index contributed by atoms with van der Waals surface area (Å²) in [7, 11) is 0. The fraction of sp³-hybridized carbons (Fsp3) is 0. The number of anilines is 1. The van der Waals surface area contributed by atoms with Crippen LogP contribution in [0.25, 0.3) is 0 Å². The van der Waals surface area contributed by atoms with Gasteiger partial charge in [-0.2, -0.15) is 0 Å². The molecule has 0 atom stereocenters. The molecule has 2 aromatic carbocycles. The molecule has 0 fully saturated rings. The topological polar surface area (TPSA) is 29.1 Å². The number of carbonyl (C=O) groups excluding carboxylic acids is 1. The lowest BCUT2D eigenvalue weighted by molar-refractivity contribution is 0.104. The van der Waals surface area contributed by atoms with E-state index in [9.17, 15) is 4.79 Å². The zero-order valence-corrected chi connectivity index (χ0v) is 11.4. The SMILES string of the molecule is O=C(/C=C/Nc1cccc(Cl)c1Cl)c1ccccc1. The molecule has 0 spiro atoms. The van der Waals surface area contributed by atoms with Gasteiger partial charge >= 0.3 is 0 Å². The summed E-state index contributed by atoms with van der Waals surface area (Å²) in [6, 6.07) is 14.3. The highest BCUT2D eigenvalue weighted by molar-refractivity contribution is 6.43. The summed E-state index contributed by atoms with van der Waals surface area (Å²) in [5, 5.41) is 3.84. The zero-order valence-electron chi connectivity index (χ0n) is 9.94. The summed E-state index contributed by atoms with van der Waals surface area (Å²) in [6.07, 6.45) is 3.00. The number of halogens is 2. The Labute approximate surface area is 121 Å². The van der Waals surface area contributed by atoms with Gasteiger partial charge in [-0.3, -0.25) is 4.79 Å². The normalized spacial score (nSPS) is 10.6. The first-order valence-electron chi connectivity index (χ1n) is 5.65. The Morgan fingerprint density at radius 1 is 1.00 bits per heavy atom. The van der Waals surface area contributed by atoms with Gasteiger partial charge < -0.3 is 5.32 Å². The molecule has 1 N–H and O–H groups in total. The van der Waals surface area contributed by atoms with Crippen LogP contribution in [0.2, 0.25) is 10.0 Å². The van der Waals surface area contributed by atoms with Crippen LogP contribution in [0, 0.1) is 0 Å². The molecule has 0 aromatic heterocycles. The van der Waals surface area contributed by atoms with E-state index in [1.165, 1.54) is 6.08 Å². The van der Waals surface area contributed by atoms with E-state index in [4.69, 9.17) is 23.2 Å². The summed E-state index contributed by atoms with van der Waals surface area (Å²) in [5.41, 5.74) is 1.30. The van der Waals surface area contributed by atoms with Crippen LogP contribution in [-0.2, 0) is 0 Å². The van der Waals surface area contributed by atoms with Crippen molar-refractivity contribution in [2.45, 2.75) is 0 Å². The van der Waals surface area contributed by atoms with Gasteiger partial charge in [-0.05, 0) is 12.1 Å². The number of carbonyl (C=O) groups is 1. The Morgan fingerprint density at radius 2 is 1.74 bits per heavy atom. The van der Waals surface area contributed by atoms with E-state index in [-0.39, 0.29) is 5.78 Å². The second-order valence-corrected chi connectivity index (χ2v) is 4.59. The second-order valence-electron chi connectivity index (χ2n) is 3.81. The highest BCUT2D eigenvalue weighted by atomic mass is 35.5. The molecule has 19 heavy (non-hydrogen) atoms. The predicted molar refractivity (Wildman–Crippen MR) is 80.0 cm³/mol. The van der Waals surface area contributed by atoms with Gasteiger partial charge in [0.15, 0.2) is 5.78 Å². The number of ketones is 1. The van der Waals surface area contributed by atoms with E-state index in [0.29, 0.717) is 21.3 Å². The van der Waals surface area contributed by atoms with E-state index < -0.39 is 0 Å². The largest absolute Gasteiger partial charge is 0.360 e. The van der Waals surface area contributed by atoms with Gasteiger partial charge in [0.2, 0.25) is 0 Å². The molecule has 0 amide bonds. The van der Waals surface area contributed by atoms with Crippen LogP contribution in [0.5, 0.6) is 0 Å². The Balaban J connectivity index is 2.05. The predicted octanol–water partition coefficient (Wildman–Crippen LogP) is 4.80. The van der Waals surface area contributed by atoms with Gasteiger partial charge in [0.05, 0.1) is 15.7 Å². The first-order chi connectivity index (χ1) is 9.18. The minimum absolute atomic E-state index is 0.0775. The Bertz CT molecular complexity index is 609. The lowest BCUT2D eigenvalue weighted by atomic mass is 10.1. The van der Waals surface area contributed by atoms with Crippen molar-refractivity contribution in [2.24, 2.45) is 0 Å². The van der Waals surface area contributed by atoms with Gasteiger partial charge in [-0.1, -0.05) is 59.6 Å². The standard InChI is InChI=1S/C15H11Cl2NO/c16-12-7-4-8-13(15(12)17)18-10-9-14(19)11-5-2-1-3-6-11/h1-10,18H/b10-9+. The number of hydrogen-bond acceptors (Lipinski definition) is 2. The summed E-state index contributed by atoms with van der Waals surface area (Å²) >= 11 is 11.9. The van der Waals surface area contributed by atoms with Gasteiger partial charge in [-0.25, -0.2) is 0 Å². The first-order valence-corrected chi connectivity index (χ1v) is 6.40. The lowest BCUT2D eigenvalue weighted by Gasteiger charge is -2.04. The van der Waals surface area contributed by atoms with Crippen molar-refractivity contribution >= 4 is 34.7 Å². The molecular formula is C15H11Cl2NO. The van der Waals surface area contributed by atoms with E-state index in [1.54, 1.807) is 36.5 Å². The molecule has 0 radical (unpaired) electrons. The summed E-state index contributed by atoms with van der Waals surface area (Å²) in [5.74, 6) is -0.0775. The molecule has 2 rings (SSSR count). The van der Waals surface area contributed by atoms with Crippen LogP contribution >= 0.6 is 23.2 Å². The van der Waals surface area contributed by atoms with Gasteiger partial charge in [0.1, 0.15) is 0 Å². The minimum Gasteiger partial charge on any atom is -0.360 e. The quantitative estimate of drug-likeness (QED) is 0.647. The number of rotatable bonds is 4. The highest BCUT2D eigenvalue weighted by Crippen LogP contribution is 2.29. The van der Waals surface area contributed by atoms with Crippen LogP contribution < -0.4 is 5.32 Å². The zero-order chi connectivity index (χ0) is 13.7. The van der Waals surface area contributed by atoms with Crippen LogP contribution in [-0.4, -0.2) is 5.78 Å². The van der Waals surface area contributed by atoms with Crippen molar-refractivity contribution in [1.82, 2.24) is 0 Å². The molecule has 0 saturated heterocycles. The average molecular weight is 292 g/mol. The molecule has 0 aliphatic rings. The summed E-state index contributed by atoms with van der Waals surface area (Å²) in [4.78, 5) is 11.8. The van der Waals surface area contributed by atoms with Crippen LogP contribution in [0.1, 0.15) is 10.4 Å². The van der Waals surface area contributed by atoms with Crippen molar-refractivity contribution in [1.29, 1.82) is 0 Å². The van der Waals surface area contributed by atoms with Gasteiger partial charge in [-0.15, -0.1) is 0 Å². The van der Waals surface area contributed by atoms with Crippen molar-refractivity contribution in [3.63, 3.8) is 0 Å².